The molecule has 0 radical (unpaired) electrons. The van der Waals surface area contributed by atoms with Gasteiger partial charge in [-0.1, -0.05) is 59.2 Å². The molecule has 1 heterocycles. The quantitative estimate of drug-likeness (QED) is 0.460. The molecular weight excluding hydrogens is 401 g/mol. The Labute approximate surface area is 166 Å². The number of hydrogen-bond donors (Lipinski definition) is 1. The lowest BCUT2D eigenvalue weighted by Gasteiger charge is -2.08. The fourth-order valence-corrected chi connectivity index (χ4v) is 3.45. The van der Waals surface area contributed by atoms with Gasteiger partial charge < -0.3 is 5.32 Å². The lowest BCUT2D eigenvalue weighted by molar-refractivity contribution is 0.728. The lowest BCUT2D eigenvalue weighted by atomic mass is 10.2. The molecule has 0 aliphatic heterocycles. The maximum Gasteiger partial charge on any atom is 0.214 e. The molecule has 0 saturated heterocycles. The summed E-state index contributed by atoms with van der Waals surface area (Å²) in [5, 5.41) is 17.3. The van der Waals surface area contributed by atoms with Gasteiger partial charge in [0.05, 0.1) is 5.69 Å². The fraction of sp³-hybridized carbons (Fsp3) is 0.188. The maximum absolute atomic E-state index is 6.15. The van der Waals surface area contributed by atoms with E-state index in [9.17, 15) is 0 Å². The molecule has 0 unspecified atom stereocenters. The summed E-state index contributed by atoms with van der Waals surface area (Å²) in [7, 11) is 0. The zero-order valence-corrected chi connectivity index (χ0v) is 16.2. The first-order chi connectivity index (χ1) is 11.8. The van der Waals surface area contributed by atoms with Crippen LogP contribution in [0, 0.1) is 0 Å². The van der Waals surface area contributed by atoms with E-state index < -0.39 is 0 Å². The fourth-order valence-electron chi connectivity index (χ4n) is 2.13. The first kappa shape index (κ1) is 20.0. The van der Waals surface area contributed by atoms with E-state index in [2.05, 4.69) is 20.8 Å². The standard InChI is InChI=1S/C16H15Cl2N5S.ClH/c17-14-7-4-8-15(18)13(14)11-19-9-10-24-16-20-21-22-23(16)12-5-2-1-3-6-12;/h1-8,19H,9-11H2;1H. The molecule has 1 N–H and O–H groups in total. The zero-order valence-electron chi connectivity index (χ0n) is 13.1. The van der Waals surface area contributed by atoms with Crippen LogP contribution in [0.2, 0.25) is 10.0 Å². The van der Waals surface area contributed by atoms with Crippen LogP contribution in [0.15, 0.2) is 53.7 Å². The van der Waals surface area contributed by atoms with Gasteiger partial charge in [0.2, 0.25) is 5.16 Å². The number of nitrogens with zero attached hydrogens (tertiary/aromatic N) is 4. The van der Waals surface area contributed by atoms with Gasteiger partial charge >= 0.3 is 0 Å². The van der Waals surface area contributed by atoms with Gasteiger partial charge in [-0.3, -0.25) is 0 Å². The van der Waals surface area contributed by atoms with Gasteiger partial charge in [-0.15, -0.1) is 17.5 Å². The van der Waals surface area contributed by atoms with Gasteiger partial charge in [-0.05, 0) is 34.7 Å². The molecule has 0 fully saturated rings. The molecule has 3 aromatic rings. The third-order valence-corrected chi connectivity index (χ3v) is 4.94. The van der Waals surface area contributed by atoms with Gasteiger partial charge in [-0.2, -0.15) is 4.68 Å². The van der Waals surface area contributed by atoms with E-state index in [0.29, 0.717) is 16.6 Å². The Kier molecular flexibility index (Phi) is 7.99. The van der Waals surface area contributed by atoms with Crippen molar-refractivity contribution < 1.29 is 0 Å². The number of tetrazole rings is 1. The summed E-state index contributed by atoms with van der Waals surface area (Å²) in [5.41, 5.74) is 1.86. The summed E-state index contributed by atoms with van der Waals surface area (Å²) < 4.78 is 1.73. The number of halogens is 3. The number of rotatable bonds is 7. The Morgan fingerprint density at radius 1 is 1.00 bits per heavy atom. The van der Waals surface area contributed by atoms with Crippen molar-refractivity contribution in [2.75, 3.05) is 12.3 Å². The zero-order chi connectivity index (χ0) is 16.8. The number of aromatic nitrogens is 4. The van der Waals surface area contributed by atoms with Crippen molar-refractivity contribution in [3.8, 4) is 5.69 Å². The molecule has 0 aliphatic carbocycles. The molecule has 132 valence electrons. The minimum atomic E-state index is 0. The average Bonchev–Trinajstić information content (AvgIpc) is 3.06. The number of benzene rings is 2. The van der Waals surface area contributed by atoms with Crippen molar-refractivity contribution in [3.63, 3.8) is 0 Å². The number of thioether (sulfide) groups is 1. The van der Waals surface area contributed by atoms with Gasteiger partial charge in [-0.25, -0.2) is 0 Å². The Bertz CT molecular complexity index is 777. The molecule has 0 aliphatic rings. The highest BCUT2D eigenvalue weighted by molar-refractivity contribution is 7.99. The van der Waals surface area contributed by atoms with Gasteiger partial charge in [0.25, 0.3) is 0 Å². The van der Waals surface area contributed by atoms with Gasteiger partial charge in [0.15, 0.2) is 0 Å². The Morgan fingerprint density at radius 2 is 1.72 bits per heavy atom. The highest BCUT2D eigenvalue weighted by Crippen LogP contribution is 2.24. The van der Waals surface area contributed by atoms with Crippen molar-refractivity contribution in [3.05, 3.63) is 64.1 Å². The summed E-state index contributed by atoms with van der Waals surface area (Å²) in [6.07, 6.45) is 0. The predicted octanol–water partition coefficient (Wildman–Crippen LogP) is 4.27. The third kappa shape index (κ3) is 5.33. The summed E-state index contributed by atoms with van der Waals surface area (Å²) in [4.78, 5) is 0. The molecule has 5 nitrogen and oxygen atoms in total. The van der Waals surface area contributed by atoms with Crippen LogP contribution >= 0.6 is 47.4 Å². The van der Waals surface area contributed by atoms with Crippen LogP contribution in [0.5, 0.6) is 0 Å². The van der Waals surface area contributed by atoms with E-state index in [1.807, 2.05) is 48.5 Å². The normalized spacial score (nSPS) is 10.5. The smallest absolute Gasteiger partial charge is 0.214 e. The molecule has 3 rings (SSSR count). The second-order valence-corrected chi connectivity index (χ2v) is 6.81. The Morgan fingerprint density at radius 3 is 2.44 bits per heavy atom. The Hall–Kier alpha value is -1.31. The molecule has 0 spiro atoms. The average molecular weight is 417 g/mol. The molecule has 9 heteroatoms. The van der Waals surface area contributed by atoms with E-state index in [0.717, 1.165) is 28.7 Å². The minimum Gasteiger partial charge on any atom is -0.312 e. The van der Waals surface area contributed by atoms with Crippen molar-refractivity contribution in [2.24, 2.45) is 0 Å². The van der Waals surface area contributed by atoms with Crippen LogP contribution in [0.3, 0.4) is 0 Å². The topological polar surface area (TPSA) is 55.6 Å². The first-order valence-corrected chi connectivity index (χ1v) is 9.10. The largest absolute Gasteiger partial charge is 0.312 e. The third-order valence-electron chi connectivity index (χ3n) is 3.32. The van der Waals surface area contributed by atoms with E-state index >= 15 is 0 Å². The van der Waals surface area contributed by atoms with E-state index in [1.54, 1.807) is 16.4 Å². The molecule has 0 amide bonds. The molecule has 2 aromatic carbocycles. The van der Waals surface area contributed by atoms with Crippen molar-refractivity contribution in [1.29, 1.82) is 0 Å². The van der Waals surface area contributed by atoms with Crippen LogP contribution in [0.1, 0.15) is 5.56 Å². The van der Waals surface area contributed by atoms with Crippen molar-refractivity contribution in [2.45, 2.75) is 11.7 Å². The molecule has 0 saturated carbocycles. The van der Waals surface area contributed by atoms with Crippen LogP contribution < -0.4 is 5.32 Å². The Balaban J connectivity index is 0.00000225. The monoisotopic (exact) mass is 415 g/mol. The minimum absolute atomic E-state index is 0. The maximum atomic E-state index is 6.15. The number of para-hydroxylation sites is 1. The van der Waals surface area contributed by atoms with Crippen LogP contribution in [0.4, 0.5) is 0 Å². The molecule has 0 bridgehead atoms. The second kappa shape index (κ2) is 9.99. The summed E-state index contributed by atoms with van der Waals surface area (Å²) in [6.45, 7) is 1.41. The highest BCUT2D eigenvalue weighted by Gasteiger charge is 2.08. The van der Waals surface area contributed by atoms with Crippen LogP contribution in [-0.4, -0.2) is 32.5 Å². The van der Waals surface area contributed by atoms with Crippen molar-refractivity contribution in [1.82, 2.24) is 25.5 Å². The lowest BCUT2D eigenvalue weighted by Crippen LogP contribution is -2.17. The molecular formula is C16H16Cl3N5S. The number of nitrogens with one attached hydrogen (secondary N) is 1. The van der Waals surface area contributed by atoms with E-state index in [-0.39, 0.29) is 12.4 Å². The number of hydrogen-bond acceptors (Lipinski definition) is 5. The summed E-state index contributed by atoms with van der Waals surface area (Å²) in [6, 6.07) is 15.3. The van der Waals surface area contributed by atoms with Gasteiger partial charge in [0, 0.05) is 34.5 Å². The predicted molar refractivity (Wildman–Crippen MR) is 105 cm³/mol. The second-order valence-electron chi connectivity index (χ2n) is 4.93. The van der Waals surface area contributed by atoms with E-state index in [1.165, 1.54) is 0 Å². The van der Waals surface area contributed by atoms with Crippen LogP contribution in [0.25, 0.3) is 5.69 Å². The van der Waals surface area contributed by atoms with E-state index in [4.69, 9.17) is 23.2 Å². The molecule has 25 heavy (non-hydrogen) atoms. The highest BCUT2D eigenvalue weighted by atomic mass is 35.5. The molecule has 0 atom stereocenters. The first-order valence-electron chi connectivity index (χ1n) is 7.36. The summed E-state index contributed by atoms with van der Waals surface area (Å²) in [5.74, 6) is 0.829. The summed E-state index contributed by atoms with van der Waals surface area (Å²) >= 11 is 13.9. The van der Waals surface area contributed by atoms with Crippen LogP contribution in [-0.2, 0) is 6.54 Å². The SMILES string of the molecule is Cl.Clc1cccc(Cl)c1CNCCSc1nnnn1-c1ccccc1. The van der Waals surface area contributed by atoms with Crippen molar-refractivity contribution >= 4 is 47.4 Å². The molecule has 1 aromatic heterocycles. The van der Waals surface area contributed by atoms with Gasteiger partial charge in [0.1, 0.15) is 0 Å².